The molecule has 2 rings (SSSR count). The van der Waals surface area contributed by atoms with Crippen LogP contribution in [0.3, 0.4) is 0 Å². The van der Waals surface area contributed by atoms with Crippen molar-refractivity contribution in [3.05, 3.63) is 40.8 Å². The lowest BCUT2D eigenvalue weighted by Gasteiger charge is -2.00. The lowest BCUT2D eigenvalue weighted by atomic mass is 10.3. The first-order valence-electron chi connectivity index (χ1n) is 5.49. The largest absolute Gasteiger partial charge is 0.461 e. The summed E-state index contributed by atoms with van der Waals surface area (Å²) in [6.07, 6.45) is 3.41. The van der Waals surface area contributed by atoms with Crippen LogP contribution >= 0.6 is 11.6 Å². The molecule has 0 atom stereocenters. The van der Waals surface area contributed by atoms with Crippen molar-refractivity contribution in [3.63, 3.8) is 0 Å². The first-order chi connectivity index (χ1) is 9.15. The minimum Gasteiger partial charge on any atom is -0.461 e. The highest BCUT2D eigenvalue weighted by molar-refractivity contribution is 6.30. The molecule has 2 heterocycles. The summed E-state index contributed by atoms with van der Waals surface area (Å²) in [6.45, 7) is 1.89. The molecular formula is C12H10ClN3O3. The first-order valence-corrected chi connectivity index (χ1v) is 5.87. The van der Waals surface area contributed by atoms with Crippen molar-refractivity contribution in [2.45, 2.75) is 6.92 Å². The Morgan fingerprint density at radius 1 is 1.53 bits per heavy atom. The Morgan fingerprint density at radius 2 is 2.32 bits per heavy atom. The maximum atomic E-state index is 11.6. The molecule has 0 aliphatic carbocycles. The molecule has 2 aromatic rings. The van der Waals surface area contributed by atoms with E-state index in [0.717, 1.165) is 0 Å². The van der Waals surface area contributed by atoms with E-state index in [4.69, 9.17) is 16.3 Å². The minimum atomic E-state index is -0.641. The standard InChI is InChI=1S/C12H10ClN3O3/c1-2-19-12(18)11-8(7-17)6-16(15-11)10-4-3-9(13)5-14-10/h3-7H,2H2,1H3. The number of carbonyl (C=O) groups is 2. The van der Waals surface area contributed by atoms with Crippen molar-refractivity contribution in [3.8, 4) is 5.82 Å². The first kappa shape index (κ1) is 13.2. The average molecular weight is 280 g/mol. The second kappa shape index (κ2) is 5.62. The molecule has 0 N–H and O–H groups in total. The summed E-state index contributed by atoms with van der Waals surface area (Å²) in [5.41, 5.74) is 0.115. The molecule has 0 spiro atoms. The van der Waals surface area contributed by atoms with Crippen molar-refractivity contribution in [1.29, 1.82) is 0 Å². The number of nitrogens with zero attached hydrogens (tertiary/aromatic N) is 3. The number of aromatic nitrogens is 3. The highest BCUT2D eigenvalue weighted by Gasteiger charge is 2.18. The maximum Gasteiger partial charge on any atom is 0.359 e. The lowest BCUT2D eigenvalue weighted by molar-refractivity contribution is 0.0517. The van der Waals surface area contributed by atoms with Gasteiger partial charge in [0.25, 0.3) is 0 Å². The average Bonchev–Trinajstić information content (AvgIpc) is 2.84. The molecule has 0 fully saturated rings. The SMILES string of the molecule is CCOC(=O)c1nn(-c2ccc(Cl)cn2)cc1C=O. The Morgan fingerprint density at radius 3 is 2.89 bits per heavy atom. The van der Waals surface area contributed by atoms with Gasteiger partial charge in [-0.1, -0.05) is 11.6 Å². The topological polar surface area (TPSA) is 74.1 Å². The normalized spacial score (nSPS) is 10.2. The van der Waals surface area contributed by atoms with E-state index < -0.39 is 5.97 Å². The second-order valence-corrected chi connectivity index (χ2v) is 3.99. The summed E-state index contributed by atoms with van der Waals surface area (Å²) in [4.78, 5) is 26.6. The predicted octanol–water partition coefficient (Wildman–Crippen LogP) is 1.91. The van der Waals surface area contributed by atoms with Crippen LogP contribution in [-0.4, -0.2) is 33.6 Å². The van der Waals surface area contributed by atoms with Crippen LogP contribution in [0.1, 0.15) is 27.8 Å². The Bertz CT molecular complexity index is 607. The molecule has 7 heteroatoms. The number of aldehydes is 1. The summed E-state index contributed by atoms with van der Waals surface area (Å²) < 4.78 is 6.15. The third kappa shape index (κ3) is 2.79. The van der Waals surface area contributed by atoms with Crippen LogP contribution in [0, 0.1) is 0 Å². The second-order valence-electron chi connectivity index (χ2n) is 3.55. The van der Waals surface area contributed by atoms with Crippen LogP contribution in [0.2, 0.25) is 5.02 Å². The van der Waals surface area contributed by atoms with Gasteiger partial charge in [-0.05, 0) is 19.1 Å². The van der Waals surface area contributed by atoms with Crippen LogP contribution in [0.4, 0.5) is 0 Å². The van der Waals surface area contributed by atoms with Gasteiger partial charge in [0, 0.05) is 12.4 Å². The van der Waals surface area contributed by atoms with Gasteiger partial charge in [0.05, 0.1) is 17.2 Å². The number of esters is 1. The molecule has 0 radical (unpaired) electrons. The van der Waals surface area contributed by atoms with Gasteiger partial charge in [0.1, 0.15) is 0 Å². The van der Waals surface area contributed by atoms with Crippen LogP contribution < -0.4 is 0 Å². The highest BCUT2D eigenvalue weighted by Crippen LogP contribution is 2.13. The van der Waals surface area contributed by atoms with Gasteiger partial charge in [0.15, 0.2) is 17.8 Å². The fraction of sp³-hybridized carbons (Fsp3) is 0.167. The summed E-state index contributed by atoms with van der Waals surface area (Å²) >= 11 is 5.73. The number of hydrogen-bond acceptors (Lipinski definition) is 5. The van der Waals surface area contributed by atoms with Crippen molar-refractivity contribution in [1.82, 2.24) is 14.8 Å². The fourth-order valence-corrected chi connectivity index (χ4v) is 1.56. The Balaban J connectivity index is 2.40. The van der Waals surface area contributed by atoms with Gasteiger partial charge in [-0.3, -0.25) is 4.79 Å². The van der Waals surface area contributed by atoms with Crippen molar-refractivity contribution >= 4 is 23.9 Å². The molecule has 0 saturated heterocycles. The summed E-state index contributed by atoms with van der Waals surface area (Å²) in [5.74, 6) is -0.194. The molecule has 6 nitrogen and oxygen atoms in total. The Kier molecular flexibility index (Phi) is 3.91. The van der Waals surface area contributed by atoms with Gasteiger partial charge in [-0.25, -0.2) is 14.5 Å². The number of hydrogen-bond donors (Lipinski definition) is 0. The predicted molar refractivity (Wildman–Crippen MR) is 67.7 cm³/mol. The van der Waals surface area contributed by atoms with Gasteiger partial charge in [-0.2, -0.15) is 5.10 Å². The minimum absolute atomic E-state index is 0.0337. The summed E-state index contributed by atoms with van der Waals surface area (Å²) in [5, 5.41) is 4.49. The number of carbonyl (C=O) groups excluding carboxylic acids is 2. The van der Waals surface area contributed by atoms with E-state index in [2.05, 4.69) is 10.1 Å². The molecule has 0 aliphatic rings. The van der Waals surface area contributed by atoms with Crippen molar-refractivity contribution in [2.75, 3.05) is 6.61 Å². The lowest BCUT2D eigenvalue weighted by Crippen LogP contribution is -2.08. The third-order valence-corrected chi connectivity index (χ3v) is 2.51. The van der Waals surface area contributed by atoms with Crippen molar-refractivity contribution < 1.29 is 14.3 Å². The molecule has 0 saturated carbocycles. The maximum absolute atomic E-state index is 11.6. The van der Waals surface area contributed by atoms with Gasteiger partial charge >= 0.3 is 5.97 Å². The number of halogens is 1. The molecule has 2 aromatic heterocycles. The van der Waals surface area contributed by atoms with Crippen LogP contribution in [0.15, 0.2) is 24.5 Å². The van der Waals surface area contributed by atoms with E-state index in [1.165, 1.54) is 17.1 Å². The molecule has 0 amide bonds. The number of ether oxygens (including phenoxy) is 1. The highest BCUT2D eigenvalue weighted by atomic mass is 35.5. The van der Waals surface area contributed by atoms with E-state index in [-0.39, 0.29) is 17.9 Å². The van der Waals surface area contributed by atoms with E-state index in [1.54, 1.807) is 19.1 Å². The monoisotopic (exact) mass is 279 g/mol. The van der Waals surface area contributed by atoms with Crippen molar-refractivity contribution in [2.24, 2.45) is 0 Å². The van der Waals surface area contributed by atoms with E-state index in [9.17, 15) is 9.59 Å². The zero-order valence-electron chi connectivity index (χ0n) is 10.0. The van der Waals surface area contributed by atoms with Crippen LogP contribution in [0.5, 0.6) is 0 Å². The molecular weight excluding hydrogens is 270 g/mol. The van der Waals surface area contributed by atoms with Crippen LogP contribution in [-0.2, 0) is 4.74 Å². The molecule has 19 heavy (non-hydrogen) atoms. The third-order valence-electron chi connectivity index (χ3n) is 2.28. The molecule has 0 aromatic carbocycles. The van der Waals surface area contributed by atoms with Gasteiger partial charge < -0.3 is 4.74 Å². The number of rotatable bonds is 4. The fourth-order valence-electron chi connectivity index (χ4n) is 1.45. The Labute approximate surface area is 114 Å². The van der Waals surface area contributed by atoms with Crippen LogP contribution in [0.25, 0.3) is 5.82 Å². The zero-order chi connectivity index (χ0) is 13.8. The Hall–Kier alpha value is -2.21. The molecule has 0 bridgehead atoms. The van der Waals surface area contributed by atoms with Gasteiger partial charge in [-0.15, -0.1) is 0 Å². The number of pyridine rings is 1. The summed E-state index contributed by atoms with van der Waals surface area (Å²) in [6, 6.07) is 3.26. The van der Waals surface area contributed by atoms with E-state index in [1.807, 2.05) is 0 Å². The zero-order valence-corrected chi connectivity index (χ0v) is 10.8. The van der Waals surface area contributed by atoms with E-state index >= 15 is 0 Å². The van der Waals surface area contributed by atoms with Gasteiger partial charge in [0.2, 0.25) is 0 Å². The molecule has 0 unspecified atom stereocenters. The van der Waals surface area contributed by atoms with E-state index in [0.29, 0.717) is 17.1 Å². The quantitative estimate of drug-likeness (QED) is 0.631. The summed E-state index contributed by atoms with van der Waals surface area (Å²) in [7, 11) is 0. The molecule has 98 valence electrons. The molecule has 0 aliphatic heterocycles. The smallest absolute Gasteiger partial charge is 0.359 e.